The van der Waals surface area contributed by atoms with Gasteiger partial charge >= 0.3 is 6.18 Å². The Balaban J connectivity index is 2.75. The van der Waals surface area contributed by atoms with Crippen molar-refractivity contribution < 1.29 is 13.2 Å². The third-order valence-corrected chi connectivity index (χ3v) is 1.51. The van der Waals surface area contributed by atoms with E-state index < -0.39 is 11.9 Å². The SMILES string of the molecule is FC(F)(F)c1cncc2nncn12. The molecule has 68 valence electrons. The topological polar surface area (TPSA) is 43.1 Å². The van der Waals surface area contributed by atoms with Crippen molar-refractivity contribution in [3.05, 3.63) is 24.4 Å². The van der Waals surface area contributed by atoms with Crippen LogP contribution in [0.1, 0.15) is 5.69 Å². The zero-order chi connectivity index (χ0) is 9.47. The maximum Gasteiger partial charge on any atom is 0.433 e. The van der Waals surface area contributed by atoms with Gasteiger partial charge in [-0.05, 0) is 0 Å². The molecule has 0 saturated heterocycles. The average molecular weight is 188 g/mol. The normalized spacial score (nSPS) is 12.2. The van der Waals surface area contributed by atoms with Crippen molar-refractivity contribution in [3.8, 4) is 0 Å². The molecule has 0 aliphatic heterocycles. The first-order chi connectivity index (χ1) is 6.09. The molecular weight excluding hydrogens is 185 g/mol. The van der Waals surface area contributed by atoms with Gasteiger partial charge in [-0.1, -0.05) is 0 Å². The van der Waals surface area contributed by atoms with Gasteiger partial charge < -0.3 is 0 Å². The second kappa shape index (κ2) is 2.41. The first-order valence-corrected chi connectivity index (χ1v) is 3.30. The highest BCUT2D eigenvalue weighted by Crippen LogP contribution is 2.28. The number of hydrogen-bond donors (Lipinski definition) is 0. The van der Waals surface area contributed by atoms with E-state index in [1.807, 2.05) is 0 Å². The van der Waals surface area contributed by atoms with E-state index in [9.17, 15) is 13.2 Å². The highest BCUT2D eigenvalue weighted by molar-refractivity contribution is 5.34. The second-order valence-corrected chi connectivity index (χ2v) is 2.35. The Morgan fingerprint density at radius 3 is 2.69 bits per heavy atom. The predicted molar refractivity (Wildman–Crippen MR) is 35.8 cm³/mol. The van der Waals surface area contributed by atoms with Crippen molar-refractivity contribution in [2.24, 2.45) is 0 Å². The molecule has 7 heteroatoms. The lowest BCUT2D eigenvalue weighted by molar-refractivity contribution is -0.142. The highest BCUT2D eigenvalue weighted by atomic mass is 19.4. The van der Waals surface area contributed by atoms with E-state index in [0.29, 0.717) is 0 Å². The minimum Gasteiger partial charge on any atom is -0.275 e. The lowest BCUT2D eigenvalue weighted by Gasteiger charge is -2.06. The maximum atomic E-state index is 12.3. The van der Waals surface area contributed by atoms with Crippen LogP contribution in [0.3, 0.4) is 0 Å². The second-order valence-electron chi connectivity index (χ2n) is 2.35. The summed E-state index contributed by atoms with van der Waals surface area (Å²) in [5.41, 5.74) is -0.801. The van der Waals surface area contributed by atoms with Gasteiger partial charge in [-0.3, -0.25) is 9.38 Å². The molecule has 0 amide bonds. The summed E-state index contributed by atoms with van der Waals surface area (Å²) in [5, 5.41) is 6.79. The molecule has 0 N–H and O–H groups in total. The van der Waals surface area contributed by atoms with Gasteiger partial charge in [0, 0.05) is 0 Å². The molecular formula is C6H3F3N4. The largest absolute Gasteiger partial charge is 0.433 e. The van der Waals surface area contributed by atoms with Crippen LogP contribution in [0.2, 0.25) is 0 Å². The Morgan fingerprint density at radius 2 is 2.00 bits per heavy atom. The summed E-state index contributed by atoms with van der Waals surface area (Å²) in [4.78, 5) is 3.41. The van der Waals surface area contributed by atoms with Crippen LogP contribution in [0.5, 0.6) is 0 Å². The van der Waals surface area contributed by atoms with Gasteiger partial charge in [-0.25, -0.2) is 0 Å². The number of alkyl halides is 3. The summed E-state index contributed by atoms with van der Waals surface area (Å²) in [7, 11) is 0. The molecule has 0 unspecified atom stereocenters. The van der Waals surface area contributed by atoms with E-state index >= 15 is 0 Å². The summed E-state index contributed by atoms with van der Waals surface area (Å²) in [5.74, 6) is 0. The number of rotatable bonds is 0. The number of hydrogen-bond acceptors (Lipinski definition) is 3. The van der Waals surface area contributed by atoms with Crippen molar-refractivity contribution in [3.63, 3.8) is 0 Å². The van der Waals surface area contributed by atoms with E-state index in [2.05, 4.69) is 15.2 Å². The Labute approximate surface area is 70.0 Å². The van der Waals surface area contributed by atoms with Gasteiger partial charge in [0.2, 0.25) is 0 Å². The molecule has 2 heterocycles. The van der Waals surface area contributed by atoms with Crippen LogP contribution in [0.4, 0.5) is 13.2 Å². The fourth-order valence-corrected chi connectivity index (χ4v) is 0.964. The van der Waals surface area contributed by atoms with Gasteiger partial charge in [0.15, 0.2) is 5.65 Å². The van der Waals surface area contributed by atoms with Crippen LogP contribution in [0.25, 0.3) is 5.65 Å². The number of nitrogens with zero attached hydrogens (tertiary/aromatic N) is 4. The summed E-state index contributed by atoms with van der Waals surface area (Å²) >= 11 is 0. The number of fused-ring (bicyclic) bond motifs is 1. The molecule has 0 bridgehead atoms. The van der Waals surface area contributed by atoms with E-state index in [1.54, 1.807) is 0 Å². The lowest BCUT2D eigenvalue weighted by atomic mass is 10.4. The van der Waals surface area contributed by atoms with Crippen molar-refractivity contribution in [1.82, 2.24) is 19.6 Å². The average Bonchev–Trinajstić information content (AvgIpc) is 2.48. The summed E-state index contributed by atoms with van der Waals surface area (Å²) in [6.07, 6.45) is -1.49. The van der Waals surface area contributed by atoms with E-state index in [-0.39, 0.29) is 5.65 Å². The predicted octanol–water partition coefficient (Wildman–Crippen LogP) is 1.14. The maximum absolute atomic E-state index is 12.3. The summed E-state index contributed by atoms with van der Waals surface area (Å²) < 4.78 is 37.7. The van der Waals surface area contributed by atoms with Crippen LogP contribution in [-0.4, -0.2) is 19.6 Å². The Bertz CT molecular complexity index is 433. The van der Waals surface area contributed by atoms with Crippen molar-refractivity contribution in [1.29, 1.82) is 0 Å². The zero-order valence-corrected chi connectivity index (χ0v) is 6.15. The molecule has 2 rings (SSSR count). The molecule has 4 nitrogen and oxygen atoms in total. The zero-order valence-electron chi connectivity index (χ0n) is 6.15. The lowest BCUT2D eigenvalue weighted by Crippen LogP contribution is -2.11. The minimum absolute atomic E-state index is 0.0785. The van der Waals surface area contributed by atoms with Crippen LogP contribution >= 0.6 is 0 Å². The molecule has 0 atom stereocenters. The van der Waals surface area contributed by atoms with Gasteiger partial charge in [0.05, 0.1) is 12.4 Å². The molecule has 0 spiro atoms. The summed E-state index contributed by atoms with van der Waals surface area (Å²) in [6, 6.07) is 0. The molecule has 13 heavy (non-hydrogen) atoms. The van der Waals surface area contributed by atoms with Crippen LogP contribution < -0.4 is 0 Å². The third kappa shape index (κ3) is 1.21. The molecule has 0 saturated carbocycles. The quantitative estimate of drug-likeness (QED) is 0.622. The first-order valence-electron chi connectivity index (χ1n) is 3.30. The van der Waals surface area contributed by atoms with Crippen molar-refractivity contribution in [2.75, 3.05) is 0 Å². The van der Waals surface area contributed by atoms with Gasteiger partial charge in [0.25, 0.3) is 0 Å². The molecule has 0 aliphatic carbocycles. The smallest absolute Gasteiger partial charge is 0.275 e. The monoisotopic (exact) mass is 188 g/mol. The van der Waals surface area contributed by atoms with Crippen LogP contribution in [0.15, 0.2) is 18.7 Å². The molecule has 0 radical (unpaired) electrons. The number of halogens is 3. The highest BCUT2D eigenvalue weighted by Gasteiger charge is 2.33. The van der Waals surface area contributed by atoms with E-state index in [4.69, 9.17) is 0 Å². The van der Waals surface area contributed by atoms with E-state index in [0.717, 1.165) is 16.9 Å². The Kier molecular flexibility index (Phi) is 1.48. The number of aromatic nitrogens is 4. The molecule has 2 aromatic rings. The Hall–Kier alpha value is -1.66. The Morgan fingerprint density at radius 1 is 1.23 bits per heavy atom. The first kappa shape index (κ1) is 7.96. The fraction of sp³-hybridized carbons (Fsp3) is 0.167. The van der Waals surface area contributed by atoms with Crippen LogP contribution in [0, 0.1) is 0 Å². The molecule has 0 aromatic carbocycles. The standard InChI is InChI=1S/C6H3F3N4/c7-6(8,9)4-1-10-2-5-12-11-3-13(4)5/h1-3H. The minimum atomic E-state index is -4.44. The third-order valence-electron chi connectivity index (χ3n) is 1.51. The van der Waals surface area contributed by atoms with Crippen molar-refractivity contribution >= 4 is 5.65 Å². The summed E-state index contributed by atoms with van der Waals surface area (Å²) in [6.45, 7) is 0. The van der Waals surface area contributed by atoms with Crippen molar-refractivity contribution in [2.45, 2.75) is 6.18 Å². The fourth-order valence-electron chi connectivity index (χ4n) is 0.964. The van der Waals surface area contributed by atoms with E-state index in [1.165, 1.54) is 6.20 Å². The van der Waals surface area contributed by atoms with Gasteiger partial charge in [-0.15, -0.1) is 10.2 Å². The van der Waals surface area contributed by atoms with Gasteiger partial charge in [0.1, 0.15) is 12.0 Å². The molecule has 0 aliphatic rings. The van der Waals surface area contributed by atoms with Gasteiger partial charge in [-0.2, -0.15) is 13.2 Å². The van der Waals surface area contributed by atoms with Crippen LogP contribution in [-0.2, 0) is 6.18 Å². The molecule has 0 fully saturated rings. The molecule has 2 aromatic heterocycles.